The van der Waals surface area contributed by atoms with Gasteiger partial charge in [0, 0.05) is 12.7 Å². The van der Waals surface area contributed by atoms with Gasteiger partial charge in [-0.1, -0.05) is 0 Å². The van der Waals surface area contributed by atoms with Crippen molar-refractivity contribution in [3.63, 3.8) is 0 Å². The van der Waals surface area contributed by atoms with Crippen LogP contribution in [-0.4, -0.2) is 27.9 Å². The lowest BCUT2D eigenvalue weighted by molar-refractivity contribution is 0.176. The minimum atomic E-state index is -0.446. The third kappa shape index (κ3) is 1.83. The van der Waals surface area contributed by atoms with E-state index in [9.17, 15) is 9.59 Å². The molecule has 3 rings (SSSR count). The summed E-state index contributed by atoms with van der Waals surface area (Å²) in [5, 5.41) is 2.66. The first kappa shape index (κ1) is 11.6. The number of aryl methyl sites for hydroxylation is 1. The van der Waals surface area contributed by atoms with Crippen LogP contribution in [0.25, 0.3) is 11.0 Å². The van der Waals surface area contributed by atoms with Crippen molar-refractivity contribution < 1.29 is 9.53 Å². The summed E-state index contributed by atoms with van der Waals surface area (Å²) in [6.45, 7) is 0.634. The van der Waals surface area contributed by atoms with Crippen molar-refractivity contribution in [3.05, 3.63) is 28.7 Å². The number of ether oxygens (including phenoxy) is 1. The summed E-state index contributed by atoms with van der Waals surface area (Å²) in [4.78, 5) is 23.2. The molecule has 1 aliphatic heterocycles. The Bertz CT molecular complexity index is 716. The topological polar surface area (TPSA) is 91.3 Å². The van der Waals surface area contributed by atoms with Crippen molar-refractivity contribution in [2.75, 3.05) is 12.3 Å². The Morgan fingerprint density at radius 2 is 2.21 bits per heavy atom. The molecule has 2 heterocycles. The molecule has 0 spiro atoms. The lowest BCUT2D eigenvalue weighted by atomic mass is 10.2. The molecule has 19 heavy (non-hydrogen) atoms. The van der Waals surface area contributed by atoms with Gasteiger partial charge in [-0.3, -0.25) is 9.13 Å². The Balaban J connectivity index is 2.07. The van der Waals surface area contributed by atoms with E-state index in [2.05, 4.69) is 5.32 Å². The number of nitrogen functional groups attached to an aromatic ring is 1. The number of alkyl carbamates (subject to hydrolysis) is 1. The van der Waals surface area contributed by atoms with E-state index in [1.54, 1.807) is 28.3 Å². The first-order valence-corrected chi connectivity index (χ1v) is 5.94. The zero-order chi connectivity index (χ0) is 13.6. The zero-order valence-corrected chi connectivity index (χ0v) is 10.4. The van der Waals surface area contributed by atoms with Gasteiger partial charge in [0.1, 0.15) is 6.61 Å². The van der Waals surface area contributed by atoms with E-state index in [4.69, 9.17) is 10.5 Å². The lowest BCUT2D eigenvalue weighted by Crippen LogP contribution is -2.35. The van der Waals surface area contributed by atoms with E-state index >= 15 is 0 Å². The molecule has 1 aromatic carbocycles. The number of rotatable bonds is 2. The average Bonchev–Trinajstić information content (AvgIpc) is 2.88. The second-order valence-corrected chi connectivity index (χ2v) is 4.64. The number of carbonyl (C=O) groups is 1. The fraction of sp³-hybridized carbons (Fsp3) is 0.333. The number of imidazole rings is 1. The predicted octanol–water partition coefficient (Wildman–Crippen LogP) is 0.0306. The first-order valence-electron chi connectivity index (χ1n) is 5.94. The minimum absolute atomic E-state index is 0.137. The second kappa shape index (κ2) is 4.04. The van der Waals surface area contributed by atoms with Crippen molar-refractivity contribution in [1.29, 1.82) is 0 Å². The van der Waals surface area contributed by atoms with Gasteiger partial charge in [-0.2, -0.15) is 0 Å². The maximum Gasteiger partial charge on any atom is 0.407 e. The molecule has 1 unspecified atom stereocenters. The third-order valence-electron chi connectivity index (χ3n) is 3.31. The van der Waals surface area contributed by atoms with E-state index in [0.29, 0.717) is 12.2 Å². The van der Waals surface area contributed by atoms with Gasteiger partial charge in [-0.25, -0.2) is 9.59 Å². The molecule has 1 aromatic heterocycles. The fourth-order valence-electron chi connectivity index (χ4n) is 2.35. The monoisotopic (exact) mass is 262 g/mol. The van der Waals surface area contributed by atoms with Crippen LogP contribution in [-0.2, 0) is 18.3 Å². The van der Waals surface area contributed by atoms with Crippen LogP contribution >= 0.6 is 0 Å². The Morgan fingerprint density at radius 1 is 1.42 bits per heavy atom. The average molecular weight is 262 g/mol. The highest BCUT2D eigenvalue weighted by Gasteiger charge is 2.24. The highest BCUT2D eigenvalue weighted by molar-refractivity contribution is 5.79. The maximum absolute atomic E-state index is 12.2. The summed E-state index contributed by atoms with van der Waals surface area (Å²) in [6, 6.07) is 5.13. The van der Waals surface area contributed by atoms with Crippen LogP contribution in [0.2, 0.25) is 0 Å². The van der Waals surface area contributed by atoms with Crippen LogP contribution in [0, 0.1) is 0 Å². The van der Waals surface area contributed by atoms with Crippen LogP contribution in [0.1, 0.15) is 0 Å². The number of nitrogens with one attached hydrogen (secondary N) is 1. The van der Waals surface area contributed by atoms with Crippen LogP contribution in [0.4, 0.5) is 10.5 Å². The number of aromatic nitrogens is 2. The quantitative estimate of drug-likeness (QED) is 0.747. The summed E-state index contributed by atoms with van der Waals surface area (Å²) in [7, 11) is 1.71. The number of carbonyl (C=O) groups excluding carboxylic acids is 1. The highest BCUT2D eigenvalue weighted by atomic mass is 16.6. The molecule has 1 saturated heterocycles. The van der Waals surface area contributed by atoms with Crippen LogP contribution < -0.4 is 16.7 Å². The minimum Gasteiger partial charge on any atom is -0.447 e. The molecule has 1 atom stereocenters. The molecule has 1 fully saturated rings. The van der Waals surface area contributed by atoms with E-state index in [0.717, 1.165) is 11.0 Å². The summed E-state index contributed by atoms with van der Waals surface area (Å²) in [5.74, 6) is 0. The number of anilines is 1. The molecule has 7 nitrogen and oxygen atoms in total. The van der Waals surface area contributed by atoms with Gasteiger partial charge in [0.05, 0.1) is 23.6 Å². The number of benzene rings is 1. The maximum atomic E-state index is 12.2. The van der Waals surface area contributed by atoms with Gasteiger partial charge in [0.25, 0.3) is 0 Å². The van der Waals surface area contributed by atoms with Crippen molar-refractivity contribution >= 4 is 22.8 Å². The second-order valence-electron chi connectivity index (χ2n) is 4.64. The third-order valence-corrected chi connectivity index (χ3v) is 3.31. The summed E-state index contributed by atoms with van der Waals surface area (Å²) in [6.07, 6.45) is -0.446. The molecule has 0 saturated carbocycles. The Hall–Kier alpha value is -2.44. The Labute approximate surface area is 108 Å². The van der Waals surface area contributed by atoms with Crippen LogP contribution in [0.15, 0.2) is 23.0 Å². The van der Waals surface area contributed by atoms with Gasteiger partial charge in [-0.05, 0) is 18.2 Å². The van der Waals surface area contributed by atoms with Gasteiger partial charge in [-0.15, -0.1) is 0 Å². The Kier molecular flexibility index (Phi) is 2.48. The SMILES string of the molecule is Cn1c(=O)n(CC2COC(=O)N2)c2cc(N)ccc21. The molecule has 0 radical (unpaired) electrons. The van der Waals surface area contributed by atoms with Crippen molar-refractivity contribution in [2.24, 2.45) is 7.05 Å². The molecule has 0 aliphatic carbocycles. The number of fused-ring (bicyclic) bond motifs is 1. The van der Waals surface area contributed by atoms with E-state index < -0.39 is 6.09 Å². The number of hydrogen-bond acceptors (Lipinski definition) is 4. The van der Waals surface area contributed by atoms with E-state index in [1.807, 2.05) is 6.07 Å². The normalized spacial score (nSPS) is 18.6. The largest absolute Gasteiger partial charge is 0.447 e. The molecule has 100 valence electrons. The summed E-state index contributed by atoms with van der Waals surface area (Å²) < 4.78 is 7.99. The standard InChI is InChI=1S/C12H14N4O3/c1-15-9-3-2-7(13)4-10(9)16(12(15)18)5-8-6-19-11(17)14-8/h2-4,8H,5-6,13H2,1H3,(H,14,17). The molecular formula is C12H14N4O3. The van der Waals surface area contributed by atoms with Gasteiger partial charge < -0.3 is 15.8 Å². The smallest absolute Gasteiger partial charge is 0.407 e. The molecule has 7 heteroatoms. The van der Waals surface area contributed by atoms with E-state index in [1.165, 1.54) is 0 Å². The number of nitrogens with zero attached hydrogens (tertiary/aromatic N) is 2. The molecular weight excluding hydrogens is 248 g/mol. The molecule has 1 amide bonds. The summed E-state index contributed by atoms with van der Waals surface area (Å²) in [5.41, 5.74) is 7.79. The Morgan fingerprint density at radius 3 is 2.89 bits per heavy atom. The zero-order valence-electron chi connectivity index (χ0n) is 10.4. The van der Waals surface area contributed by atoms with Gasteiger partial charge in [0.2, 0.25) is 0 Å². The molecule has 2 aromatic rings. The van der Waals surface area contributed by atoms with Crippen molar-refractivity contribution in [1.82, 2.24) is 14.5 Å². The first-order chi connectivity index (χ1) is 9.06. The van der Waals surface area contributed by atoms with Crippen molar-refractivity contribution in [2.45, 2.75) is 12.6 Å². The highest BCUT2D eigenvalue weighted by Crippen LogP contribution is 2.16. The lowest BCUT2D eigenvalue weighted by Gasteiger charge is -2.08. The number of hydrogen-bond donors (Lipinski definition) is 2. The number of amides is 1. The fourth-order valence-corrected chi connectivity index (χ4v) is 2.35. The number of nitrogens with two attached hydrogens (primary N) is 1. The van der Waals surface area contributed by atoms with Crippen LogP contribution in [0.5, 0.6) is 0 Å². The van der Waals surface area contributed by atoms with Crippen LogP contribution in [0.3, 0.4) is 0 Å². The van der Waals surface area contributed by atoms with Crippen molar-refractivity contribution in [3.8, 4) is 0 Å². The van der Waals surface area contributed by atoms with Gasteiger partial charge in [0.15, 0.2) is 0 Å². The summed E-state index contributed by atoms with van der Waals surface area (Å²) >= 11 is 0. The molecule has 0 bridgehead atoms. The van der Waals surface area contributed by atoms with Gasteiger partial charge >= 0.3 is 11.8 Å². The molecule has 1 aliphatic rings. The van der Waals surface area contributed by atoms with E-state index in [-0.39, 0.29) is 18.3 Å². The molecule has 3 N–H and O–H groups in total. The predicted molar refractivity (Wildman–Crippen MR) is 69.9 cm³/mol. The number of cyclic esters (lactones) is 1.